The summed E-state index contributed by atoms with van der Waals surface area (Å²) in [6.45, 7) is 4.33. The maximum atomic E-state index is 12.6. The fraction of sp³-hybridized carbons (Fsp3) is 0.520. The third-order valence-electron chi connectivity index (χ3n) is 7.41. The van der Waals surface area contributed by atoms with E-state index in [9.17, 15) is 13.6 Å². The molecule has 2 aromatic heterocycles. The van der Waals surface area contributed by atoms with Crippen LogP contribution in [0.3, 0.4) is 0 Å². The molecule has 3 aliphatic heterocycles. The number of ether oxygens (including phenoxy) is 3. The number of nitrogens with one attached hydrogen (secondary N) is 1. The predicted octanol–water partition coefficient (Wildman–Crippen LogP) is 3.07. The Bertz CT molecular complexity index is 1320. The second-order valence-electron chi connectivity index (χ2n) is 10.1. The van der Waals surface area contributed by atoms with Gasteiger partial charge in [-0.3, -0.25) is 9.78 Å². The van der Waals surface area contributed by atoms with Crippen molar-refractivity contribution in [3.63, 3.8) is 0 Å². The van der Waals surface area contributed by atoms with Gasteiger partial charge in [-0.1, -0.05) is 5.21 Å². The zero-order chi connectivity index (χ0) is 25.1. The van der Waals surface area contributed by atoms with Crippen LogP contribution in [-0.2, 0) is 32.8 Å². The standard InChI is InChI=1S/C25H27F2N5O4/c1-14(35-16-3-4-19-18(7-16)17-5-6-34-11-15(17)8-28-19)20-10-32(31-30-20)25-12-24(2,13-25)36-22(25)23(33)29-9-21(26)27/h3-4,7-8,10,14,21-22H,5-6,9,11-13H2,1-2H3,(H,29,33)/t14-,22?,24?,25?/m1/s1. The Morgan fingerprint density at radius 1 is 1.36 bits per heavy atom. The van der Waals surface area contributed by atoms with Crippen molar-refractivity contribution in [1.82, 2.24) is 25.3 Å². The normalized spacial score (nSPS) is 27.5. The highest BCUT2D eigenvalue weighted by molar-refractivity contribution is 5.85. The quantitative estimate of drug-likeness (QED) is 0.533. The molecular formula is C25H27F2N5O4. The van der Waals surface area contributed by atoms with Crippen LogP contribution in [0, 0.1) is 0 Å². The number of hydrogen-bond donors (Lipinski definition) is 1. The van der Waals surface area contributed by atoms with E-state index in [4.69, 9.17) is 14.2 Å². The number of alkyl halides is 2. The molecule has 11 heteroatoms. The van der Waals surface area contributed by atoms with Crippen LogP contribution in [0.1, 0.15) is 49.6 Å². The molecule has 4 aliphatic rings. The van der Waals surface area contributed by atoms with Gasteiger partial charge < -0.3 is 19.5 Å². The number of nitrogens with zero attached hydrogens (tertiary/aromatic N) is 4. The van der Waals surface area contributed by atoms with Crippen LogP contribution in [0.15, 0.2) is 30.6 Å². The summed E-state index contributed by atoms with van der Waals surface area (Å²) < 4.78 is 44.6. The lowest BCUT2D eigenvalue weighted by molar-refractivity contribution is -0.134. The lowest BCUT2D eigenvalue weighted by atomic mass is 9.67. The van der Waals surface area contributed by atoms with E-state index < -0.39 is 42.2 Å². The molecule has 5 heterocycles. The molecule has 3 fully saturated rings. The van der Waals surface area contributed by atoms with Gasteiger partial charge >= 0.3 is 0 Å². The van der Waals surface area contributed by atoms with E-state index in [1.54, 1.807) is 10.9 Å². The molecule has 0 spiro atoms. The lowest BCUT2D eigenvalue weighted by Gasteiger charge is -2.42. The number of aromatic nitrogens is 4. The number of amides is 1. The van der Waals surface area contributed by atoms with Crippen molar-refractivity contribution in [3.05, 3.63) is 47.4 Å². The first kappa shape index (κ1) is 23.2. The Morgan fingerprint density at radius 3 is 3.00 bits per heavy atom. The fourth-order valence-electron chi connectivity index (χ4n) is 5.82. The number of rotatable bonds is 7. The van der Waals surface area contributed by atoms with Crippen LogP contribution in [0.4, 0.5) is 8.78 Å². The van der Waals surface area contributed by atoms with Gasteiger partial charge in [-0.15, -0.1) is 5.10 Å². The van der Waals surface area contributed by atoms with E-state index in [0.29, 0.717) is 37.5 Å². The summed E-state index contributed by atoms with van der Waals surface area (Å²) in [4.78, 5) is 17.2. The lowest BCUT2D eigenvalue weighted by Crippen LogP contribution is -2.55. The van der Waals surface area contributed by atoms with Crippen molar-refractivity contribution >= 4 is 16.8 Å². The summed E-state index contributed by atoms with van der Waals surface area (Å²) in [6, 6.07) is 5.82. The van der Waals surface area contributed by atoms with Crippen LogP contribution in [0.5, 0.6) is 5.75 Å². The molecule has 2 atom stereocenters. The number of benzene rings is 1. The minimum atomic E-state index is -2.63. The average molecular weight is 500 g/mol. The van der Waals surface area contributed by atoms with E-state index in [1.165, 1.54) is 5.56 Å². The highest BCUT2D eigenvalue weighted by atomic mass is 19.3. The van der Waals surface area contributed by atoms with Gasteiger partial charge in [-0.25, -0.2) is 13.5 Å². The summed E-state index contributed by atoms with van der Waals surface area (Å²) in [5, 5.41) is 11.9. The third kappa shape index (κ3) is 3.81. The first-order valence-corrected chi connectivity index (χ1v) is 12.1. The minimum Gasteiger partial charge on any atom is -0.484 e. The largest absolute Gasteiger partial charge is 0.484 e. The first-order chi connectivity index (χ1) is 17.3. The highest BCUT2D eigenvalue weighted by Crippen LogP contribution is 2.59. The van der Waals surface area contributed by atoms with Gasteiger partial charge in [0.1, 0.15) is 23.1 Å². The molecule has 1 saturated carbocycles. The number of carbonyl (C=O) groups excluding carboxylic acids is 1. The van der Waals surface area contributed by atoms with Crippen molar-refractivity contribution in [3.8, 4) is 5.75 Å². The zero-order valence-electron chi connectivity index (χ0n) is 20.0. The van der Waals surface area contributed by atoms with Gasteiger partial charge in [0.25, 0.3) is 12.3 Å². The van der Waals surface area contributed by atoms with Crippen LogP contribution in [-0.4, -0.2) is 57.2 Å². The molecule has 2 saturated heterocycles. The van der Waals surface area contributed by atoms with Crippen LogP contribution in [0.2, 0.25) is 0 Å². The molecule has 36 heavy (non-hydrogen) atoms. The number of carbonyl (C=O) groups is 1. The van der Waals surface area contributed by atoms with Crippen molar-refractivity contribution in [2.24, 2.45) is 0 Å². The molecule has 1 amide bonds. The summed E-state index contributed by atoms with van der Waals surface area (Å²) in [5.41, 5.74) is 2.61. The molecule has 7 rings (SSSR count). The molecule has 1 aliphatic carbocycles. The van der Waals surface area contributed by atoms with E-state index in [1.807, 2.05) is 38.2 Å². The smallest absolute Gasteiger partial charge is 0.255 e. The molecule has 2 bridgehead atoms. The van der Waals surface area contributed by atoms with E-state index in [-0.39, 0.29) is 0 Å². The Hall–Kier alpha value is -3.18. The number of fused-ring (bicyclic) bond motifs is 4. The van der Waals surface area contributed by atoms with Gasteiger partial charge in [0.05, 0.1) is 37.1 Å². The molecule has 3 aromatic rings. The number of halogens is 2. The van der Waals surface area contributed by atoms with Gasteiger partial charge in [-0.05, 0) is 49.6 Å². The highest BCUT2D eigenvalue weighted by Gasteiger charge is 2.69. The molecule has 1 N–H and O–H groups in total. The van der Waals surface area contributed by atoms with E-state index in [0.717, 1.165) is 22.9 Å². The molecule has 1 unspecified atom stereocenters. The van der Waals surface area contributed by atoms with Gasteiger partial charge in [0.15, 0.2) is 6.10 Å². The second-order valence-corrected chi connectivity index (χ2v) is 10.1. The number of hydrogen-bond acceptors (Lipinski definition) is 7. The number of pyridine rings is 1. The van der Waals surface area contributed by atoms with Crippen molar-refractivity contribution in [2.45, 2.75) is 69.5 Å². The van der Waals surface area contributed by atoms with Crippen LogP contribution < -0.4 is 10.1 Å². The maximum absolute atomic E-state index is 12.6. The molecule has 9 nitrogen and oxygen atoms in total. The minimum absolute atomic E-state index is 0.414. The first-order valence-electron chi connectivity index (χ1n) is 12.1. The Balaban J connectivity index is 1.21. The molecule has 190 valence electrons. The Morgan fingerprint density at radius 2 is 2.19 bits per heavy atom. The summed E-state index contributed by atoms with van der Waals surface area (Å²) in [5.74, 6) is 0.130. The van der Waals surface area contributed by atoms with E-state index >= 15 is 0 Å². The fourth-order valence-corrected chi connectivity index (χ4v) is 5.82. The van der Waals surface area contributed by atoms with Crippen LogP contribution >= 0.6 is 0 Å². The van der Waals surface area contributed by atoms with Gasteiger partial charge in [0, 0.05) is 24.4 Å². The van der Waals surface area contributed by atoms with Crippen LogP contribution in [0.25, 0.3) is 10.9 Å². The Labute approximate surface area is 206 Å². The zero-order valence-corrected chi connectivity index (χ0v) is 20.0. The summed E-state index contributed by atoms with van der Waals surface area (Å²) in [7, 11) is 0. The monoisotopic (exact) mass is 499 g/mol. The average Bonchev–Trinajstić information content (AvgIpc) is 3.53. The topological polar surface area (TPSA) is 100 Å². The summed E-state index contributed by atoms with van der Waals surface area (Å²) >= 11 is 0. The van der Waals surface area contributed by atoms with Gasteiger partial charge in [0.2, 0.25) is 0 Å². The van der Waals surface area contributed by atoms with E-state index in [2.05, 4.69) is 20.6 Å². The Kier molecular flexibility index (Phi) is 5.45. The van der Waals surface area contributed by atoms with Crippen molar-refractivity contribution in [2.75, 3.05) is 13.2 Å². The van der Waals surface area contributed by atoms with Gasteiger partial charge in [-0.2, -0.15) is 0 Å². The SMILES string of the molecule is C[C@@H](Oc1ccc2ncc3c(c2c1)CCOC3)c1cn(C23CC(C)(C2)OC3C(=O)NCC(F)F)nn1. The van der Waals surface area contributed by atoms with Crippen molar-refractivity contribution in [1.29, 1.82) is 0 Å². The summed E-state index contributed by atoms with van der Waals surface area (Å²) in [6.07, 6.45) is 1.62. The molecule has 0 radical (unpaired) electrons. The molecule has 1 aromatic carbocycles. The maximum Gasteiger partial charge on any atom is 0.255 e. The van der Waals surface area contributed by atoms with Crippen molar-refractivity contribution < 1.29 is 27.8 Å². The predicted molar refractivity (Wildman–Crippen MR) is 124 cm³/mol. The second kappa shape index (κ2) is 8.45. The molecular weight excluding hydrogens is 472 g/mol. The third-order valence-corrected chi connectivity index (χ3v) is 7.41.